The van der Waals surface area contributed by atoms with Crippen molar-refractivity contribution in [3.05, 3.63) is 46.5 Å². The molecule has 6 nitrogen and oxygen atoms in total. The Bertz CT molecular complexity index is 818. The van der Waals surface area contributed by atoms with Gasteiger partial charge in [0, 0.05) is 5.41 Å². The van der Waals surface area contributed by atoms with E-state index >= 15 is 0 Å². The molecule has 0 aliphatic carbocycles. The van der Waals surface area contributed by atoms with Crippen LogP contribution in [0.4, 0.5) is 0 Å². The summed E-state index contributed by atoms with van der Waals surface area (Å²) in [5.41, 5.74) is 0.409. The number of carbonyl (C=O) groups is 2. The smallest absolute Gasteiger partial charge is 0.243 e. The van der Waals surface area contributed by atoms with Crippen molar-refractivity contribution >= 4 is 23.6 Å². The summed E-state index contributed by atoms with van der Waals surface area (Å²) in [6.45, 7) is 5.27. The summed E-state index contributed by atoms with van der Waals surface area (Å²) in [5, 5.41) is 24.5. The van der Waals surface area contributed by atoms with Crippen LogP contribution in [0.1, 0.15) is 32.4 Å². The van der Waals surface area contributed by atoms with Gasteiger partial charge in [-0.2, -0.15) is 10.5 Å². The lowest BCUT2D eigenvalue weighted by Gasteiger charge is -2.34. The first-order valence-electron chi connectivity index (χ1n) is 8.13. The summed E-state index contributed by atoms with van der Waals surface area (Å²) in [5.74, 6) is -1.53. The molecule has 2 rings (SSSR count). The van der Waals surface area contributed by atoms with E-state index in [1.54, 1.807) is 13.8 Å². The molecule has 134 valence electrons. The highest BCUT2D eigenvalue weighted by molar-refractivity contribution is 8.03. The number of carbonyl (C=O) groups excluding carboxylic acids is 2. The highest BCUT2D eigenvalue weighted by Gasteiger charge is 2.44. The molecular weight excluding hydrogens is 348 g/mol. The van der Waals surface area contributed by atoms with Crippen LogP contribution in [-0.2, 0) is 9.59 Å². The topological polar surface area (TPSA) is 106 Å². The van der Waals surface area contributed by atoms with Gasteiger partial charge in [0.05, 0.1) is 34.5 Å². The summed E-state index contributed by atoms with van der Waals surface area (Å²) in [6, 6.07) is 13.5. The van der Waals surface area contributed by atoms with Crippen molar-refractivity contribution < 1.29 is 9.59 Å². The maximum atomic E-state index is 12.2. The molecule has 1 aromatic carbocycles. The number of hydrogen-bond acceptors (Lipinski definition) is 5. The fourth-order valence-electron chi connectivity index (χ4n) is 2.78. The first-order valence-corrected chi connectivity index (χ1v) is 9.12. The molecule has 0 spiro atoms. The van der Waals surface area contributed by atoms with Crippen LogP contribution in [0.2, 0.25) is 0 Å². The minimum Gasteiger partial charge on any atom is -0.349 e. The molecular formula is C19H20N4O2S. The molecule has 1 aliphatic heterocycles. The summed E-state index contributed by atoms with van der Waals surface area (Å²) >= 11 is 1.10. The minimum absolute atomic E-state index is 0.0608. The quantitative estimate of drug-likeness (QED) is 0.831. The number of hydrogen-bond donors (Lipinski definition) is 2. The SMILES string of the molecule is C[C@@H](NC(=O)CSC1=C(C#N)C(C)(C)[C@H](C#N)C(=O)N1)c1ccccc1. The molecule has 0 aromatic heterocycles. The number of nitrogens with zero attached hydrogens (tertiary/aromatic N) is 2. The third kappa shape index (κ3) is 4.07. The molecule has 0 saturated carbocycles. The van der Waals surface area contributed by atoms with E-state index in [1.807, 2.05) is 43.3 Å². The fraction of sp³-hybridized carbons (Fsp3) is 0.368. The third-order valence-corrected chi connectivity index (χ3v) is 5.36. The molecule has 1 aliphatic rings. The molecule has 0 bridgehead atoms. The lowest BCUT2D eigenvalue weighted by Crippen LogP contribution is -2.44. The normalized spacial score (nSPS) is 19.7. The van der Waals surface area contributed by atoms with E-state index < -0.39 is 17.2 Å². The Morgan fingerprint density at radius 1 is 1.35 bits per heavy atom. The van der Waals surface area contributed by atoms with Crippen LogP contribution in [-0.4, -0.2) is 17.6 Å². The second-order valence-electron chi connectivity index (χ2n) is 6.58. The van der Waals surface area contributed by atoms with E-state index in [4.69, 9.17) is 0 Å². The predicted octanol–water partition coefficient (Wildman–Crippen LogP) is 2.63. The van der Waals surface area contributed by atoms with E-state index in [-0.39, 0.29) is 17.7 Å². The molecule has 2 N–H and O–H groups in total. The highest BCUT2D eigenvalue weighted by atomic mass is 32.2. The molecule has 0 unspecified atom stereocenters. The van der Waals surface area contributed by atoms with E-state index in [0.717, 1.165) is 17.3 Å². The maximum Gasteiger partial charge on any atom is 0.243 e. The second-order valence-corrected chi connectivity index (χ2v) is 7.56. The largest absolute Gasteiger partial charge is 0.349 e. The molecule has 26 heavy (non-hydrogen) atoms. The van der Waals surface area contributed by atoms with Crippen molar-refractivity contribution in [3.8, 4) is 12.1 Å². The summed E-state index contributed by atoms with van der Waals surface area (Å²) in [6.07, 6.45) is 0. The van der Waals surface area contributed by atoms with Gasteiger partial charge in [0.25, 0.3) is 0 Å². The van der Waals surface area contributed by atoms with E-state index in [9.17, 15) is 20.1 Å². The molecule has 7 heteroatoms. The van der Waals surface area contributed by atoms with Crippen LogP contribution in [0.25, 0.3) is 0 Å². The Morgan fingerprint density at radius 2 is 2.00 bits per heavy atom. The van der Waals surface area contributed by atoms with Gasteiger partial charge >= 0.3 is 0 Å². The van der Waals surface area contributed by atoms with Gasteiger partial charge in [0.1, 0.15) is 5.92 Å². The summed E-state index contributed by atoms with van der Waals surface area (Å²) < 4.78 is 0. The van der Waals surface area contributed by atoms with Crippen molar-refractivity contribution in [2.24, 2.45) is 11.3 Å². The molecule has 0 fully saturated rings. The zero-order valence-electron chi connectivity index (χ0n) is 14.9. The zero-order chi connectivity index (χ0) is 19.3. The molecule has 2 amide bonds. The Kier molecular flexibility index (Phi) is 6.07. The predicted molar refractivity (Wildman–Crippen MR) is 99.1 cm³/mol. The van der Waals surface area contributed by atoms with Crippen LogP contribution in [0, 0.1) is 34.0 Å². The molecule has 2 atom stereocenters. The van der Waals surface area contributed by atoms with Gasteiger partial charge in [-0.15, -0.1) is 0 Å². The van der Waals surface area contributed by atoms with Crippen LogP contribution < -0.4 is 10.6 Å². The fourth-order valence-corrected chi connectivity index (χ4v) is 3.76. The average molecular weight is 368 g/mol. The Morgan fingerprint density at radius 3 is 2.58 bits per heavy atom. The Labute approximate surface area is 157 Å². The van der Waals surface area contributed by atoms with Gasteiger partial charge in [-0.1, -0.05) is 55.9 Å². The number of nitriles is 2. The summed E-state index contributed by atoms with van der Waals surface area (Å²) in [7, 11) is 0. The highest BCUT2D eigenvalue weighted by Crippen LogP contribution is 2.41. The van der Waals surface area contributed by atoms with Crippen molar-refractivity contribution in [3.63, 3.8) is 0 Å². The lowest BCUT2D eigenvalue weighted by molar-refractivity contribution is -0.125. The summed E-state index contributed by atoms with van der Waals surface area (Å²) in [4.78, 5) is 24.4. The van der Waals surface area contributed by atoms with Crippen molar-refractivity contribution in [1.29, 1.82) is 10.5 Å². The number of amides is 2. The van der Waals surface area contributed by atoms with Gasteiger partial charge < -0.3 is 10.6 Å². The van der Waals surface area contributed by atoms with Crippen LogP contribution in [0.5, 0.6) is 0 Å². The van der Waals surface area contributed by atoms with E-state index in [0.29, 0.717) is 10.6 Å². The van der Waals surface area contributed by atoms with Crippen molar-refractivity contribution in [2.75, 3.05) is 5.75 Å². The van der Waals surface area contributed by atoms with Gasteiger partial charge in [-0.05, 0) is 12.5 Å². The first kappa shape index (κ1) is 19.6. The van der Waals surface area contributed by atoms with E-state index in [2.05, 4.69) is 16.7 Å². The van der Waals surface area contributed by atoms with Gasteiger partial charge in [0.2, 0.25) is 11.8 Å². The van der Waals surface area contributed by atoms with Crippen molar-refractivity contribution in [1.82, 2.24) is 10.6 Å². The van der Waals surface area contributed by atoms with Crippen LogP contribution in [0.3, 0.4) is 0 Å². The van der Waals surface area contributed by atoms with Gasteiger partial charge in [-0.3, -0.25) is 9.59 Å². The Hall–Kier alpha value is -2.77. The third-order valence-electron chi connectivity index (χ3n) is 4.36. The number of allylic oxidation sites excluding steroid dienone is 1. The minimum atomic E-state index is -0.937. The first-order chi connectivity index (χ1) is 12.3. The van der Waals surface area contributed by atoms with Crippen LogP contribution >= 0.6 is 11.8 Å². The second kappa shape index (κ2) is 8.07. The average Bonchev–Trinajstić information content (AvgIpc) is 2.60. The van der Waals surface area contributed by atoms with Gasteiger partial charge in [0.15, 0.2) is 0 Å². The number of nitrogens with one attached hydrogen (secondary N) is 2. The molecule has 1 heterocycles. The molecule has 0 saturated heterocycles. The number of thioether (sulfide) groups is 1. The van der Waals surface area contributed by atoms with Crippen molar-refractivity contribution in [2.45, 2.75) is 26.8 Å². The Balaban J connectivity index is 2.07. The number of rotatable bonds is 5. The number of benzene rings is 1. The zero-order valence-corrected chi connectivity index (χ0v) is 15.7. The molecule has 1 aromatic rings. The molecule has 0 radical (unpaired) electrons. The standard InChI is InChI=1S/C19H20N4O2S/c1-12(13-7-5-4-6-8-13)22-16(24)11-26-18-15(10-21)19(2,3)14(9-20)17(25)23-18/h4-8,12,14H,11H2,1-3H3,(H,22,24)(H,23,25)/t12-,14-/m1/s1. The lowest BCUT2D eigenvalue weighted by atomic mass is 9.72. The maximum absolute atomic E-state index is 12.2. The van der Waals surface area contributed by atoms with Crippen LogP contribution in [0.15, 0.2) is 40.9 Å². The van der Waals surface area contributed by atoms with E-state index in [1.165, 1.54) is 0 Å². The monoisotopic (exact) mass is 368 g/mol. The van der Waals surface area contributed by atoms with Gasteiger partial charge in [-0.25, -0.2) is 0 Å².